The summed E-state index contributed by atoms with van der Waals surface area (Å²) in [5, 5.41) is 6.18. The van der Waals surface area contributed by atoms with Crippen molar-refractivity contribution >= 4 is 74.9 Å². The number of imidazole rings is 1. The van der Waals surface area contributed by atoms with E-state index >= 15 is 0 Å². The molecular formula is C25H35IN5O2PS. The van der Waals surface area contributed by atoms with E-state index < -0.39 is 0 Å². The molecule has 2 aromatic heterocycles. The number of thioether (sulfide) groups is 1. The van der Waals surface area contributed by atoms with E-state index in [0.717, 1.165) is 58.6 Å². The molecule has 190 valence electrons. The molecule has 2 atom stereocenters. The molecule has 1 aliphatic heterocycles. The second kappa shape index (κ2) is 13.8. The van der Waals surface area contributed by atoms with Crippen molar-refractivity contribution in [3.63, 3.8) is 0 Å². The van der Waals surface area contributed by atoms with Crippen LogP contribution in [0.3, 0.4) is 0 Å². The fraction of sp³-hybridized carbons (Fsp3) is 0.480. The van der Waals surface area contributed by atoms with Crippen LogP contribution < -0.4 is 10.6 Å². The van der Waals surface area contributed by atoms with Crippen molar-refractivity contribution in [2.75, 3.05) is 23.5 Å². The summed E-state index contributed by atoms with van der Waals surface area (Å²) >= 11 is 4.00. The van der Waals surface area contributed by atoms with E-state index in [9.17, 15) is 4.79 Å². The number of anilines is 3. The molecule has 10 heteroatoms. The fourth-order valence-corrected chi connectivity index (χ4v) is 6.38. The highest BCUT2D eigenvalue weighted by Gasteiger charge is 2.20. The molecule has 35 heavy (non-hydrogen) atoms. The van der Waals surface area contributed by atoms with Crippen molar-refractivity contribution < 1.29 is 9.53 Å². The Morgan fingerprint density at radius 1 is 1.20 bits per heavy atom. The van der Waals surface area contributed by atoms with Gasteiger partial charge in [-0.1, -0.05) is 39.7 Å². The molecular weight excluding hydrogens is 592 g/mol. The van der Waals surface area contributed by atoms with Crippen LogP contribution in [-0.4, -0.2) is 33.6 Å². The van der Waals surface area contributed by atoms with Crippen LogP contribution in [0.2, 0.25) is 0 Å². The van der Waals surface area contributed by atoms with Crippen LogP contribution in [0.15, 0.2) is 29.2 Å². The lowest BCUT2D eigenvalue weighted by Crippen LogP contribution is -2.02. The summed E-state index contributed by atoms with van der Waals surface area (Å²) in [6.07, 6.45) is 8.52. The standard InChI is InChI=1S/C19H21IN5O2PS.C4H8.C2H6/c1-11-22-18-14(9-17(21-10-26)24-19(18)25(11)28-20)23-13-6-5-12(8-16(13)29-2)15-4-3-7-27-15;1-4-2-3-4;1-2/h5-6,8-10,15,28H,3-4,7H2,1-2H3,(H2,21,23,24,26);4H,2-3H2,1H3;1-2H3. The van der Waals surface area contributed by atoms with Gasteiger partial charge in [-0.15, -0.1) is 11.8 Å². The Kier molecular flexibility index (Phi) is 11.1. The van der Waals surface area contributed by atoms with Gasteiger partial charge in [0.05, 0.1) is 23.9 Å². The van der Waals surface area contributed by atoms with Crippen LogP contribution in [-0.2, 0) is 9.53 Å². The van der Waals surface area contributed by atoms with Crippen molar-refractivity contribution in [3.8, 4) is 0 Å². The molecule has 0 radical (unpaired) electrons. The molecule has 1 saturated heterocycles. The van der Waals surface area contributed by atoms with Crippen molar-refractivity contribution in [2.24, 2.45) is 5.92 Å². The molecule has 1 aromatic carbocycles. The van der Waals surface area contributed by atoms with E-state index in [1.165, 1.54) is 18.4 Å². The summed E-state index contributed by atoms with van der Waals surface area (Å²) < 4.78 is 7.88. The number of benzene rings is 1. The number of aromatic nitrogens is 3. The van der Waals surface area contributed by atoms with Crippen LogP contribution in [0.5, 0.6) is 0 Å². The molecule has 2 aliphatic rings. The van der Waals surface area contributed by atoms with Gasteiger partial charge in [-0.3, -0.25) is 9.13 Å². The maximum absolute atomic E-state index is 11.0. The first kappa shape index (κ1) is 28.2. The summed E-state index contributed by atoms with van der Waals surface area (Å²) in [7, 11) is 0. The number of pyridine rings is 1. The van der Waals surface area contributed by atoms with Gasteiger partial charge < -0.3 is 15.4 Å². The van der Waals surface area contributed by atoms with E-state index in [-0.39, 0.29) is 6.10 Å². The normalized spacial score (nSPS) is 17.0. The van der Waals surface area contributed by atoms with Crippen molar-refractivity contribution in [1.29, 1.82) is 0 Å². The second-order valence-electron chi connectivity index (χ2n) is 8.34. The molecule has 1 amide bonds. The first-order valence-electron chi connectivity index (χ1n) is 12.1. The highest BCUT2D eigenvalue weighted by Crippen LogP contribution is 2.38. The van der Waals surface area contributed by atoms with Crippen molar-refractivity contribution in [1.82, 2.24) is 14.3 Å². The van der Waals surface area contributed by atoms with Gasteiger partial charge in [-0.25, -0.2) is 9.97 Å². The summed E-state index contributed by atoms with van der Waals surface area (Å²) in [4.78, 5) is 21.4. The number of hydrogen-bond acceptors (Lipinski definition) is 6. The Morgan fingerprint density at radius 3 is 2.51 bits per heavy atom. The van der Waals surface area contributed by atoms with Crippen LogP contribution in [0.25, 0.3) is 11.2 Å². The number of rotatable bonds is 7. The molecule has 1 saturated carbocycles. The molecule has 2 N–H and O–H groups in total. The van der Waals surface area contributed by atoms with Gasteiger partial charge in [0.15, 0.2) is 5.65 Å². The summed E-state index contributed by atoms with van der Waals surface area (Å²) in [6.45, 7) is 9.08. The Morgan fingerprint density at radius 2 is 1.94 bits per heavy atom. The van der Waals surface area contributed by atoms with Gasteiger partial charge in [-0.2, -0.15) is 0 Å². The lowest BCUT2D eigenvalue weighted by atomic mass is 10.1. The smallest absolute Gasteiger partial charge is 0.212 e. The minimum Gasteiger partial charge on any atom is -0.374 e. The molecule has 3 heterocycles. The fourth-order valence-electron chi connectivity index (χ4n) is 3.65. The number of carbonyl (C=O) groups is 1. The Hall–Kier alpha value is -1.42. The van der Waals surface area contributed by atoms with Crippen molar-refractivity contribution in [2.45, 2.75) is 64.4 Å². The largest absolute Gasteiger partial charge is 0.374 e. The van der Waals surface area contributed by atoms with Gasteiger partial charge in [0.1, 0.15) is 17.2 Å². The SMILES string of the molecule is CC.CC1CC1.CSc1cc(C2CCCO2)ccc1Nc1cc(NC=O)nc2c1nc(C)n2PI. The monoisotopic (exact) mass is 627 g/mol. The maximum atomic E-state index is 11.0. The zero-order valence-electron chi connectivity index (χ0n) is 21.0. The van der Waals surface area contributed by atoms with E-state index in [1.54, 1.807) is 11.8 Å². The van der Waals surface area contributed by atoms with E-state index in [4.69, 9.17) is 9.72 Å². The first-order valence-corrected chi connectivity index (χ1v) is 17.4. The zero-order chi connectivity index (χ0) is 25.4. The number of carbonyl (C=O) groups excluding carboxylic acids is 1. The topological polar surface area (TPSA) is 81.1 Å². The molecule has 3 aromatic rings. The number of nitrogens with zero attached hydrogens (tertiary/aromatic N) is 3. The quantitative estimate of drug-likeness (QED) is 0.120. The molecule has 2 unspecified atom stereocenters. The van der Waals surface area contributed by atoms with Gasteiger partial charge in [0.25, 0.3) is 0 Å². The average molecular weight is 628 g/mol. The lowest BCUT2D eigenvalue weighted by molar-refractivity contribution is -0.105. The van der Waals surface area contributed by atoms with Crippen LogP contribution in [0.1, 0.15) is 63.9 Å². The number of halogens is 1. The van der Waals surface area contributed by atoms with E-state index in [0.29, 0.717) is 18.6 Å². The van der Waals surface area contributed by atoms with Gasteiger partial charge in [-0.05, 0) is 71.7 Å². The summed E-state index contributed by atoms with van der Waals surface area (Å²) in [6, 6.07) is 8.23. The van der Waals surface area contributed by atoms with E-state index in [2.05, 4.69) is 69.0 Å². The van der Waals surface area contributed by atoms with Crippen LogP contribution in [0.4, 0.5) is 17.2 Å². The van der Waals surface area contributed by atoms with Crippen LogP contribution >= 0.6 is 40.2 Å². The van der Waals surface area contributed by atoms with E-state index in [1.807, 2.05) is 31.2 Å². The van der Waals surface area contributed by atoms with Crippen molar-refractivity contribution in [3.05, 3.63) is 35.7 Å². The highest BCUT2D eigenvalue weighted by atomic mass is 127. The van der Waals surface area contributed by atoms with Crippen LogP contribution in [0, 0.1) is 12.8 Å². The zero-order valence-corrected chi connectivity index (χ0v) is 25.0. The Bertz CT molecular complexity index is 1130. The highest BCUT2D eigenvalue weighted by molar-refractivity contribution is 14.2. The Balaban J connectivity index is 0.000000508. The predicted molar refractivity (Wildman–Crippen MR) is 159 cm³/mol. The predicted octanol–water partition coefficient (Wildman–Crippen LogP) is 7.86. The third kappa shape index (κ3) is 7.31. The number of fused-ring (bicyclic) bond motifs is 1. The maximum Gasteiger partial charge on any atom is 0.212 e. The molecule has 0 spiro atoms. The third-order valence-electron chi connectivity index (χ3n) is 5.74. The number of ether oxygens (including phenoxy) is 1. The average Bonchev–Trinajstić information content (AvgIpc) is 3.33. The molecule has 0 bridgehead atoms. The second-order valence-corrected chi connectivity index (χ2v) is 11.2. The number of amides is 1. The number of aryl methyl sites for hydroxylation is 1. The molecule has 7 nitrogen and oxygen atoms in total. The number of nitrogens with one attached hydrogen (secondary N) is 2. The minimum absolute atomic E-state index is 0.189. The number of hydrogen-bond donors (Lipinski definition) is 2. The minimum atomic E-state index is 0.189. The Labute approximate surface area is 227 Å². The molecule has 2 fully saturated rings. The lowest BCUT2D eigenvalue weighted by Gasteiger charge is -2.16. The van der Waals surface area contributed by atoms with Gasteiger partial charge in [0, 0.05) is 17.6 Å². The third-order valence-corrected chi connectivity index (χ3v) is 8.67. The van der Waals surface area contributed by atoms with Gasteiger partial charge >= 0.3 is 0 Å². The molecule has 5 rings (SSSR count). The summed E-state index contributed by atoms with van der Waals surface area (Å²) in [5.74, 6) is 2.47. The first-order chi connectivity index (χ1) is 17.0. The summed E-state index contributed by atoms with van der Waals surface area (Å²) in [5.41, 5.74) is 4.57. The van der Waals surface area contributed by atoms with Gasteiger partial charge in [0.2, 0.25) is 6.41 Å². The molecule has 1 aliphatic carbocycles.